The minimum atomic E-state index is -0.516. The van der Waals surface area contributed by atoms with Gasteiger partial charge in [0, 0.05) is 5.39 Å². The Morgan fingerprint density at radius 1 is 1.21 bits per heavy atom. The van der Waals surface area contributed by atoms with Crippen LogP contribution in [0.5, 0.6) is 5.75 Å². The van der Waals surface area contributed by atoms with E-state index in [0.29, 0.717) is 22.5 Å². The second-order valence-corrected chi connectivity index (χ2v) is 5.05. The molecule has 0 aliphatic carbocycles. The summed E-state index contributed by atoms with van der Waals surface area (Å²) in [6, 6.07) is 16.3. The van der Waals surface area contributed by atoms with Gasteiger partial charge in [-0.25, -0.2) is 4.79 Å². The van der Waals surface area contributed by atoms with Crippen molar-refractivity contribution in [3.8, 4) is 11.8 Å². The number of rotatable bonds is 5. The van der Waals surface area contributed by atoms with Crippen LogP contribution in [-0.2, 0) is 11.3 Å². The van der Waals surface area contributed by atoms with Crippen molar-refractivity contribution < 1.29 is 18.7 Å². The first-order valence-electron chi connectivity index (χ1n) is 7.53. The number of carbonyl (C=O) groups excluding carboxylic acids is 1. The number of hydrogen-bond donors (Lipinski definition) is 0. The Kier molecular flexibility index (Phi) is 4.48. The highest BCUT2D eigenvalue weighted by Crippen LogP contribution is 2.28. The van der Waals surface area contributed by atoms with Gasteiger partial charge >= 0.3 is 5.97 Å². The second kappa shape index (κ2) is 6.88. The molecule has 0 amide bonds. The molecular formula is C19H15NO4. The summed E-state index contributed by atoms with van der Waals surface area (Å²) in [5.74, 6) is 0.182. The van der Waals surface area contributed by atoms with E-state index in [4.69, 9.17) is 19.2 Å². The third-order valence-corrected chi connectivity index (χ3v) is 3.51. The van der Waals surface area contributed by atoms with Crippen molar-refractivity contribution in [2.45, 2.75) is 13.5 Å². The lowest BCUT2D eigenvalue weighted by molar-refractivity contribution is 0.0488. The van der Waals surface area contributed by atoms with E-state index in [-0.39, 0.29) is 19.0 Å². The fraction of sp³-hybridized carbons (Fsp3) is 0.158. The molecule has 0 bridgehead atoms. The van der Waals surface area contributed by atoms with E-state index in [1.807, 2.05) is 18.2 Å². The van der Waals surface area contributed by atoms with Gasteiger partial charge in [0.05, 0.1) is 23.8 Å². The Hall–Kier alpha value is -3.26. The molecule has 1 heterocycles. The third-order valence-electron chi connectivity index (χ3n) is 3.51. The zero-order valence-corrected chi connectivity index (χ0v) is 13.1. The predicted octanol–water partition coefficient (Wildman–Crippen LogP) is 4.06. The van der Waals surface area contributed by atoms with Gasteiger partial charge in [-0.05, 0) is 31.2 Å². The lowest BCUT2D eigenvalue weighted by Crippen LogP contribution is -2.08. The summed E-state index contributed by atoms with van der Waals surface area (Å²) in [5.41, 5.74) is 1.74. The van der Waals surface area contributed by atoms with Gasteiger partial charge in [0.25, 0.3) is 0 Å². The summed E-state index contributed by atoms with van der Waals surface area (Å²) >= 11 is 0. The quantitative estimate of drug-likeness (QED) is 0.663. The number of furan rings is 1. The standard InChI is InChI=1S/C19H15NO4/c1-2-22-19(21)18-16(15-8-3-4-9-17(15)24-18)12-23-14-7-5-6-13(10-14)11-20/h3-10H,2,12H2,1H3. The molecule has 2 aromatic carbocycles. The summed E-state index contributed by atoms with van der Waals surface area (Å²) in [7, 11) is 0. The molecule has 0 saturated heterocycles. The van der Waals surface area contributed by atoms with E-state index in [1.54, 1.807) is 37.3 Å². The lowest BCUT2D eigenvalue weighted by atomic mass is 10.1. The van der Waals surface area contributed by atoms with Crippen LogP contribution in [0.2, 0.25) is 0 Å². The molecule has 1 aromatic heterocycles. The van der Waals surface area contributed by atoms with E-state index in [0.717, 1.165) is 5.39 Å². The molecule has 0 aliphatic heterocycles. The van der Waals surface area contributed by atoms with E-state index in [1.165, 1.54) is 0 Å². The first-order chi connectivity index (χ1) is 11.7. The number of carbonyl (C=O) groups is 1. The van der Waals surface area contributed by atoms with Gasteiger partial charge in [-0.15, -0.1) is 0 Å². The minimum absolute atomic E-state index is 0.139. The molecule has 0 spiro atoms. The molecule has 3 rings (SSSR count). The van der Waals surface area contributed by atoms with Crippen LogP contribution in [0, 0.1) is 11.3 Å². The number of ether oxygens (including phenoxy) is 2. The van der Waals surface area contributed by atoms with Crippen LogP contribution in [-0.4, -0.2) is 12.6 Å². The highest BCUT2D eigenvalue weighted by Gasteiger charge is 2.22. The average Bonchev–Trinajstić information content (AvgIpc) is 2.99. The summed E-state index contributed by atoms with van der Waals surface area (Å²) in [4.78, 5) is 12.1. The molecule has 0 atom stereocenters. The summed E-state index contributed by atoms with van der Waals surface area (Å²) < 4.78 is 16.4. The van der Waals surface area contributed by atoms with E-state index in [9.17, 15) is 4.79 Å². The number of nitriles is 1. The van der Waals surface area contributed by atoms with Crippen LogP contribution < -0.4 is 4.74 Å². The normalized spacial score (nSPS) is 10.3. The Morgan fingerprint density at radius 3 is 2.83 bits per heavy atom. The van der Waals surface area contributed by atoms with Crippen molar-refractivity contribution in [2.75, 3.05) is 6.61 Å². The molecule has 0 N–H and O–H groups in total. The molecule has 5 nitrogen and oxygen atoms in total. The average molecular weight is 321 g/mol. The number of benzene rings is 2. The monoisotopic (exact) mass is 321 g/mol. The molecule has 0 fully saturated rings. The molecule has 5 heteroatoms. The molecule has 0 unspecified atom stereocenters. The summed E-state index contributed by atoms with van der Waals surface area (Å²) in [5, 5.41) is 9.75. The fourth-order valence-corrected chi connectivity index (χ4v) is 2.41. The van der Waals surface area contributed by atoms with Gasteiger partial charge in [0.1, 0.15) is 17.9 Å². The van der Waals surface area contributed by atoms with Crippen molar-refractivity contribution in [3.63, 3.8) is 0 Å². The molecule has 120 valence electrons. The fourth-order valence-electron chi connectivity index (χ4n) is 2.41. The number of fused-ring (bicyclic) bond motifs is 1. The molecule has 3 aromatic rings. The van der Waals surface area contributed by atoms with Crippen LogP contribution in [0.1, 0.15) is 28.6 Å². The number of esters is 1. The van der Waals surface area contributed by atoms with E-state index in [2.05, 4.69) is 6.07 Å². The van der Waals surface area contributed by atoms with Gasteiger partial charge in [-0.3, -0.25) is 0 Å². The highest BCUT2D eigenvalue weighted by molar-refractivity contribution is 5.96. The van der Waals surface area contributed by atoms with Crippen LogP contribution >= 0.6 is 0 Å². The van der Waals surface area contributed by atoms with Crippen LogP contribution in [0.25, 0.3) is 11.0 Å². The molecule has 24 heavy (non-hydrogen) atoms. The van der Waals surface area contributed by atoms with Crippen molar-refractivity contribution >= 4 is 16.9 Å². The van der Waals surface area contributed by atoms with Gasteiger partial charge in [0.2, 0.25) is 5.76 Å². The van der Waals surface area contributed by atoms with Crippen molar-refractivity contribution in [1.29, 1.82) is 5.26 Å². The first-order valence-corrected chi connectivity index (χ1v) is 7.53. The van der Waals surface area contributed by atoms with Crippen molar-refractivity contribution in [3.05, 3.63) is 65.4 Å². The zero-order valence-electron chi connectivity index (χ0n) is 13.1. The SMILES string of the molecule is CCOC(=O)c1oc2ccccc2c1COc1cccc(C#N)c1. The Morgan fingerprint density at radius 2 is 2.04 bits per heavy atom. The van der Waals surface area contributed by atoms with Crippen LogP contribution in [0.4, 0.5) is 0 Å². The van der Waals surface area contributed by atoms with Gasteiger partial charge in [-0.1, -0.05) is 24.3 Å². The smallest absolute Gasteiger partial charge is 0.374 e. The van der Waals surface area contributed by atoms with E-state index >= 15 is 0 Å². The maximum absolute atomic E-state index is 12.1. The maximum atomic E-state index is 12.1. The van der Waals surface area contributed by atoms with Gasteiger partial charge < -0.3 is 13.9 Å². The molecule has 0 saturated carbocycles. The number of para-hydroxylation sites is 1. The molecular weight excluding hydrogens is 306 g/mol. The number of hydrogen-bond acceptors (Lipinski definition) is 5. The predicted molar refractivity (Wildman–Crippen MR) is 87.7 cm³/mol. The Balaban J connectivity index is 1.93. The minimum Gasteiger partial charge on any atom is -0.489 e. The summed E-state index contributed by atoms with van der Waals surface area (Å²) in [6.45, 7) is 2.14. The second-order valence-electron chi connectivity index (χ2n) is 5.05. The maximum Gasteiger partial charge on any atom is 0.374 e. The van der Waals surface area contributed by atoms with Crippen LogP contribution in [0.15, 0.2) is 52.9 Å². The summed E-state index contributed by atoms with van der Waals surface area (Å²) in [6.07, 6.45) is 0. The zero-order chi connectivity index (χ0) is 16.9. The molecule has 0 aliphatic rings. The third kappa shape index (κ3) is 3.08. The highest BCUT2D eigenvalue weighted by atomic mass is 16.5. The molecule has 0 radical (unpaired) electrons. The Labute approximate surface area is 139 Å². The Bertz CT molecular complexity index is 921. The van der Waals surface area contributed by atoms with Gasteiger partial charge in [0.15, 0.2) is 0 Å². The number of nitrogens with zero attached hydrogens (tertiary/aromatic N) is 1. The first kappa shape index (κ1) is 15.6. The lowest BCUT2D eigenvalue weighted by Gasteiger charge is -2.07. The van der Waals surface area contributed by atoms with E-state index < -0.39 is 5.97 Å². The van der Waals surface area contributed by atoms with Crippen LogP contribution in [0.3, 0.4) is 0 Å². The topological polar surface area (TPSA) is 72.5 Å². The largest absolute Gasteiger partial charge is 0.489 e. The van der Waals surface area contributed by atoms with Crippen molar-refractivity contribution in [1.82, 2.24) is 0 Å². The van der Waals surface area contributed by atoms with Crippen molar-refractivity contribution in [2.24, 2.45) is 0 Å². The van der Waals surface area contributed by atoms with Gasteiger partial charge in [-0.2, -0.15) is 5.26 Å².